The molecule has 2 atom stereocenters. The van der Waals surface area contributed by atoms with Crippen LogP contribution in [0.5, 0.6) is 0 Å². The van der Waals surface area contributed by atoms with E-state index in [2.05, 4.69) is 17.8 Å². The number of hydrogen-bond acceptors (Lipinski definition) is 4. The highest BCUT2D eigenvalue weighted by molar-refractivity contribution is 5.89. The summed E-state index contributed by atoms with van der Waals surface area (Å²) >= 11 is 0. The van der Waals surface area contributed by atoms with Gasteiger partial charge in [0.2, 0.25) is 5.91 Å². The first-order chi connectivity index (χ1) is 10.0. The number of fused-ring (bicyclic) bond motifs is 2. The van der Waals surface area contributed by atoms with Crippen LogP contribution in [-0.4, -0.2) is 53.0 Å². The van der Waals surface area contributed by atoms with Gasteiger partial charge in [-0.25, -0.2) is 4.79 Å². The predicted octanol–water partition coefficient (Wildman–Crippen LogP) is 0.154. The topological polar surface area (TPSA) is 91.0 Å². The van der Waals surface area contributed by atoms with Crippen LogP contribution in [0.15, 0.2) is 0 Å². The van der Waals surface area contributed by atoms with Crippen LogP contribution < -0.4 is 10.9 Å². The Bertz CT molecular complexity index is 428. The molecule has 2 saturated heterocycles. The van der Waals surface area contributed by atoms with Crippen LogP contribution >= 0.6 is 0 Å². The maximum absolute atomic E-state index is 12.3. The number of hydrazine groups is 1. The molecule has 2 bridgehead atoms. The van der Waals surface area contributed by atoms with Gasteiger partial charge in [-0.3, -0.25) is 25.3 Å². The summed E-state index contributed by atoms with van der Waals surface area (Å²) in [7, 11) is 0. The first-order valence-electron chi connectivity index (χ1n) is 7.33. The van der Waals surface area contributed by atoms with E-state index in [0.717, 1.165) is 12.8 Å². The van der Waals surface area contributed by atoms with Crippen molar-refractivity contribution >= 4 is 17.8 Å². The first-order valence-corrected chi connectivity index (χ1v) is 7.33. The predicted molar refractivity (Wildman–Crippen MR) is 73.6 cm³/mol. The van der Waals surface area contributed by atoms with Gasteiger partial charge in [-0.15, -0.1) is 0 Å². The van der Waals surface area contributed by atoms with E-state index >= 15 is 0 Å². The quantitative estimate of drug-likeness (QED) is 0.558. The fourth-order valence-electron chi connectivity index (χ4n) is 2.61. The average molecular weight is 298 g/mol. The van der Waals surface area contributed by atoms with Crippen molar-refractivity contribution in [2.45, 2.75) is 51.6 Å². The number of rotatable bonds is 5. The van der Waals surface area contributed by atoms with Crippen LogP contribution in [0.4, 0.5) is 4.79 Å². The van der Waals surface area contributed by atoms with Crippen LogP contribution in [0, 0.1) is 0 Å². The summed E-state index contributed by atoms with van der Waals surface area (Å²) in [6.07, 6.45) is 3.17. The maximum Gasteiger partial charge on any atom is 0.345 e. The number of amides is 4. The highest BCUT2D eigenvalue weighted by atomic mass is 16.7. The molecule has 118 valence electrons. The molecule has 0 aliphatic carbocycles. The van der Waals surface area contributed by atoms with E-state index in [4.69, 9.17) is 4.84 Å². The van der Waals surface area contributed by atoms with Gasteiger partial charge in [0.25, 0.3) is 5.91 Å². The molecule has 21 heavy (non-hydrogen) atoms. The molecule has 0 aromatic carbocycles. The number of nitrogens with zero attached hydrogens (tertiary/aromatic N) is 2. The Balaban J connectivity index is 1.93. The molecule has 8 heteroatoms. The van der Waals surface area contributed by atoms with Crippen molar-refractivity contribution in [3.63, 3.8) is 0 Å². The third kappa shape index (κ3) is 3.44. The van der Waals surface area contributed by atoms with Gasteiger partial charge in [0.05, 0.1) is 12.6 Å². The van der Waals surface area contributed by atoms with E-state index in [1.54, 1.807) is 0 Å². The maximum atomic E-state index is 12.3. The molecule has 2 aliphatic heterocycles. The molecule has 0 aromatic heterocycles. The van der Waals surface area contributed by atoms with Gasteiger partial charge in [0.1, 0.15) is 6.04 Å². The van der Waals surface area contributed by atoms with E-state index in [-0.39, 0.29) is 23.9 Å². The lowest BCUT2D eigenvalue weighted by Crippen LogP contribution is -2.53. The lowest BCUT2D eigenvalue weighted by atomic mass is 10.0. The molecule has 0 radical (unpaired) electrons. The minimum atomic E-state index is -0.555. The Morgan fingerprint density at radius 2 is 2.10 bits per heavy atom. The van der Waals surface area contributed by atoms with Gasteiger partial charge in [0.15, 0.2) is 0 Å². The van der Waals surface area contributed by atoms with Crippen LogP contribution in [0.1, 0.15) is 39.5 Å². The number of nitrogens with one attached hydrogen (secondary N) is 2. The van der Waals surface area contributed by atoms with Crippen molar-refractivity contribution in [3.05, 3.63) is 0 Å². The number of urea groups is 1. The van der Waals surface area contributed by atoms with Gasteiger partial charge < -0.3 is 4.90 Å². The molecule has 0 saturated carbocycles. The number of piperidine rings is 1. The second-order valence-electron chi connectivity index (χ2n) is 5.36. The SMILES string of the molecule is CCCCON1C(=O)N2C[C@@H]1CC[C@H]2C(=O)NNC(C)=O. The van der Waals surface area contributed by atoms with E-state index in [0.29, 0.717) is 26.0 Å². The second-order valence-corrected chi connectivity index (χ2v) is 5.36. The minimum absolute atomic E-state index is 0.0131. The zero-order chi connectivity index (χ0) is 15.4. The first kappa shape index (κ1) is 15.6. The third-order valence-corrected chi connectivity index (χ3v) is 3.72. The number of carbonyl (C=O) groups is 3. The molecule has 2 aliphatic rings. The second kappa shape index (κ2) is 6.75. The fraction of sp³-hybridized carbons (Fsp3) is 0.769. The van der Waals surface area contributed by atoms with E-state index in [1.807, 2.05) is 0 Å². The summed E-state index contributed by atoms with van der Waals surface area (Å²) in [5.41, 5.74) is 4.58. The lowest BCUT2D eigenvalue weighted by molar-refractivity contribution is -0.132. The fourth-order valence-corrected chi connectivity index (χ4v) is 2.61. The Kier molecular flexibility index (Phi) is 5.00. The molecular weight excluding hydrogens is 276 g/mol. The Labute approximate surface area is 123 Å². The molecule has 0 spiro atoms. The summed E-state index contributed by atoms with van der Waals surface area (Å²) in [5, 5.41) is 1.40. The van der Waals surface area contributed by atoms with Crippen molar-refractivity contribution in [1.82, 2.24) is 20.8 Å². The molecule has 2 N–H and O–H groups in total. The largest absolute Gasteiger partial charge is 0.345 e. The molecule has 2 rings (SSSR count). The average Bonchev–Trinajstić information content (AvgIpc) is 2.70. The number of unbranched alkanes of at least 4 members (excludes halogenated alkanes) is 1. The van der Waals surface area contributed by atoms with E-state index in [1.165, 1.54) is 16.9 Å². The standard InChI is InChI=1S/C13H22N4O4/c1-3-4-7-21-17-10-5-6-11(16(8-10)13(17)20)12(19)15-14-9(2)18/h10-11H,3-8H2,1-2H3,(H,14,18)(H,15,19)/t10-,11-/m0/s1. The summed E-state index contributed by atoms with van der Waals surface area (Å²) < 4.78 is 0. The third-order valence-electron chi connectivity index (χ3n) is 3.72. The number of carbonyl (C=O) groups excluding carboxylic acids is 3. The summed E-state index contributed by atoms with van der Waals surface area (Å²) in [6, 6.07) is -0.809. The van der Waals surface area contributed by atoms with E-state index in [9.17, 15) is 14.4 Å². The zero-order valence-electron chi connectivity index (χ0n) is 12.4. The van der Waals surface area contributed by atoms with Crippen molar-refractivity contribution in [2.75, 3.05) is 13.2 Å². The Morgan fingerprint density at radius 3 is 2.76 bits per heavy atom. The minimum Gasteiger partial charge on any atom is -0.309 e. The number of hydroxylamine groups is 2. The van der Waals surface area contributed by atoms with E-state index < -0.39 is 6.04 Å². The van der Waals surface area contributed by atoms with Crippen molar-refractivity contribution in [1.29, 1.82) is 0 Å². The lowest BCUT2D eigenvalue weighted by Gasteiger charge is -2.29. The van der Waals surface area contributed by atoms with Crippen molar-refractivity contribution in [3.8, 4) is 0 Å². The molecule has 2 fully saturated rings. The molecule has 0 unspecified atom stereocenters. The molecule has 0 aromatic rings. The van der Waals surface area contributed by atoms with Crippen LogP contribution in [0.2, 0.25) is 0 Å². The van der Waals surface area contributed by atoms with Gasteiger partial charge in [-0.1, -0.05) is 13.3 Å². The van der Waals surface area contributed by atoms with Gasteiger partial charge in [-0.05, 0) is 19.3 Å². The molecular formula is C13H22N4O4. The summed E-state index contributed by atoms with van der Waals surface area (Å²) in [4.78, 5) is 42.2. The Hall–Kier alpha value is -1.83. The summed E-state index contributed by atoms with van der Waals surface area (Å²) in [5.74, 6) is -0.721. The van der Waals surface area contributed by atoms with Crippen LogP contribution in [0.3, 0.4) is 0 Å². The molecule has 8 nitrogen and oxygen atoms in total. The van der Waals surface area contributed by atoms with Crippen molar-refractivity contribution < 1.29 is 19.2 Å². The highest BCUT2D eigenvalue weighted by Gasteiger charge is 2.47. The van der Waals surface area contributed by atoms with Crippen LogP contribution in [0.25, 0.3) is 0 Å². The Morgan fingerprint density at radius 1 is 1.33 bits per heavy atom. The smallest absolute Gasteiger partial charge is 0.309 e. The monoisotopic (exact) mass is 298 g/mol. The van der Waals surface area contributed by atoms with Crippen molar-refractivity contribution in [2.24, 2.45) is 0 Å². The van der Waals surface area contributed by atoms with Crippen LogP contribution in [-0.2, 0) is 14.4 Å². The zero-order valence-corrected chi connectivity index (χ0v) is 12.4. The number of hydrogen-bond donors (Lipinski definition) is 2. The normalized spacial score (nSPS) is 24.2. The van der Waals surface area contributed by atoms with Gasteiger partial charge >= 0.3 is 6.03 Å². The van der Waals surface area contributed by atoms with Gasteiger partial charge in [0, 0.05) is 13.5 Å². The molecule has 4 amide bonds. The summed E-state index contributed by atoms with van der Waals surface area (Å²) in [6.45, 7) is 4.36. The highest BCUT2D eigenvalue weighted by Crippen LogP contribution is 2.30. The molecule has 2 heterocycles. The van der Waals surface area contributed by atoms with Gasteiger partial charge in [-0.2, -0.15) is 5.06 Å².